The lowest BCUT2D eigenvalue weighted by atomic mass is 10.1. The summed E-state index contributed by atoms with van der Waals surface area (Å²) in [4.78, 5) is 4.14. The van der Waals surface area contributed by atoms with Gasteiger partial charge < -0.3 is 5.32 Å². The Hall–Kier alpha value is -2.33. The summed E-state index contributed by atoms with van der Waals surface area (Å²) >= 11 is 0. The molecule has 0 saturated carbocycles. The number of hydrogen-bond acceptors (Lipinski definition) is 3. The fourth-order valence-electron chi connectivity index (χ4n) is 2.07. The first-order valence-corrected chi connectivity index (χ1v) is 6.56. The molecule has 0 amide bonds. The van der Waals surface area contributed by atoms with E-state index >= 15 is 0 Å². The molecule has 0 fully saturated rings. The summed E-state index contributed by atoms with van der Waals surface area (Å²) < 4.78 is 0. The van der Waals surface area contributed by atoms with Gasteiger partial charge in [0, 0.05) is 35.8 Å². The predicted octanol–water partition coefficient (Wildman–Crippen LogP) is 3.81. The summed E-state index contributed by atoms with van der Waals surface area (Å²) in [6, 6.07) is 12.3. The predicted molar refractivity (Wildman–Crippen MR) is 87.6 cm³/mol. The van der Waals surface area contributed by atoms with Crippen LogP contribution < -0.4 is 5.32 Å². The average Bonchev–Trinajstić information content (AvgIpc) is 2.96. The molecule has 2 N–H and O–H groups in total. The van der Waals surface area contributed by atoms with Crippen molar-refractivity contribution in [1.82, 2.24) is 15.2 Å². The number of aromatic nitrogens is 3. The van der Waals surface area contributed by atoms with Crippen LogP contribution in [0.15, 0.2) is 55.0 Å². The molecule has 21 heavy (non-hydrogen) atoms. The van der Waals surface area contributed by atoms with Gasteiger partial charge in [0.25, 0.3) is 0 Å². The quantitative estimate of drug-likeness (QED) is 0.770. The molecule has 2 heterocycles. The Kier molecular flexibility index (Phi) is 4.95. The SMILES string of the molecule is Cc1ccc(NCc2cn[nH]c2-c2cccnc2)cc1.Cl. The number of halogens is 1. The maximum Gasteiger partial charge on any atom is 0.0715 e. The van der Waals surface area contributed by atoms with Crippen LogP contribution in [0.4, 0.5) is 5.69 Å². The molecule has 3 rings (SSSR count). The summed E-state index contributed by atoms with van der Waals surface area (Å²) in [7, 11) is 0. The molecule has 1 aromatic carbocycles. The molecule has 108 valence electrons. The number of pyridine rings is 1. The van der Waals surface area contributed by atoms with Crippen LogP contribution in [-0.2, 0) is 6.54 Å². The van der Waals surface area contributed by atoms with Gasteiger partial charge in [-0.05, 0) is 31.2 Å². The van der Waals surface area contributed by atoms with Crippen molar-refractivity contribution in [2.24, 2.45) is 0 Å². The fraction of sp³-hybridized carbons (Fsp3) is 0.125. The van der Waals surface area contributed by atoms with E-state index in [0.717, 1.165) is 29.1 Å². The third kappa shape index (κ3) is 3.61. The van der Waals surface area contributed by atoms with Crippen LogP contribution in [0.25, 0.3) is 11.3 Å². The Morgan fingerprint density at radius 3 is 2.62 bits per heavy atom. The van der Waals surface area contributed by atoms with Crippen molar-refractivity contribution in [1.29, 1.82) is 0 Å². The zero-order valence-corrected chi connectivity index (χ0v) is 12.5. The maximum absolute atomic E-state index is 4.14. The number of benzene rings is 1. The molecule has 0 spiro atoms. The number of aromatic amines is 1. The van der Waals surface area contributed by atoms with E-state index in [-0.39, 0.29) is 12.4 Å². The van der Waals surface area contributed by atoms with E-state index in [4.69, 9.17) is 0 Å². The van der Waals surface area contributed by atoms with Crippen LogP contribution in [-0.4, -0.2) is 15.2 Å². The van der Waals surface area contributed by atoms with Crippen molar-refractivity contribution in [3.05, 3.63) is 66.1 Å². The lowest BCUT2D eigenvalue weighted by Crippen LogP contribution is -1.99. The highest BCUT2D eigenvalue weighted by Crippen LogP contribution is 2.21. The van der Waals surface area contributed by atoms with Crippen LogP contribution in [0.2, 0.25) is 0 Å². The van der Waals surface area contributed by atoms with Crippen molar-refractivity contribution < 1.29 is 0 Å². The lowest BCUT2D eigenvalue weighted by Gasteiger charge is -2.07. The highest BCUT2D eigenvalue weighted by atomic mass is 35.5. The van der Waals surface area contributed by atoms with Crippen LogP contribution in [0.5, 0.6) is 0 Å². The third-order valence-corrected chi connectivity index (χ3v) is 3.20. The van der Waals surface area contributed by atoms with Gasteiger partial charge in [0.15, 0.2) is 0 Å². The molecule has 0 radical (unpaired) electrons. The molecular formula is C16H17ClN4. The van der Waals surface area contributed by atoms with Crippen molar-refractivity contribution in [3.63, 3.8) is 0 Å². The van der Waals surface area contributed by atoms with E-state index in [0.29, 0.717) is 0 Å². The van der Waals surface area contributed by atoms with Gasteiger partial charge in [-0.15, -0.1) is 12.4 Å². The Balaban J connectivity index is 0.00000161. The van der Waals surface area contributed by atoms with Crippen LogP contribution in [0, 0.1) is 6.92 Å². The molecule has 0 aliphatic rings. The Morgan fingerprint density at radius 1 is 1.10 bits per heavy atom. The van der Waals surface area contributed by atoms with Gasteiger partial charge in [0.05, 0.1) is 11.9 Å². The van der Waals surface area contributed by atoms with Crippen LogP contribution >= 0.6 is 12.4 Å². The Bertz CT molecular complexity index is 677. The van der Waals surface area contributed by atoms with Gasteiger partial charge >= 0.3 is 0 Å². The van der Waals surface area contributed by atoms with Gasteiger partial charge in [-0.2, -0.15) is 5.10 Å². The number of nitrogens with one attached hydrogen (secondary N) is 2. The average molecular weight is 301 g/mol. The van der Waals surface area contributed by atoms with E-state index in [1.807, 2.05) is 24.5 Å². The molecule has 0 aliphatic carbocycles. The van der Waals surface area contributed by atoms with E-state index in [1.165, 1.54) is 5.56 Å². The normalized spacial score (nSPS) is 9.95. The van der Waals surface area contributed by atoms with Crippen molar-refractivity contribution in [2.75, 3.05) is 5.32 Å². The first-order valence-electron chi connectivity index (χ1n) is 6.56. The number of rotatable bonds is 4. The monoisotopic (exact) mass is 300 g/mol. The number of H-pyrrole nitrogens is 1. The second kappa shape index (κ2) is 6.90. The first kappa shape index (κ1) is 15.1. The summed E-state index contributed by atoms with van der Waals surface area (Å²) in [5.41, 5.74) is 5.55. The minimum absolute atomic E-state index is 0. The van der Waals surface area contributed by atoms with E-state index in [9.17, 15) is 0 Å². The first-order chi connectivity index (χ1) is 9.83. The van der Waals surface area contributed by atoms with Crippen LogP contribution in [0.3, 0.4) is 0 Å². The molecular weight excluding hydrogens is 284 g/mol. The molecule has 5 heteroatoms. The van der Waals surface area contributed by atoms with Crippen LogP contribution in [0.1, 0.15) is 11.1 Å². The van der Waals surface area contributed by atoms with E-state index in [2.05, 4.69) is 51.7 Å². The third-order valence-electron chi connectivity index (χ3n) is 3.20. The van der Waals surface area contributed by atoms with Crippen molar-refractivity contribution in [3.8, 4) is 11.3 Å². The molecule has 0 unspecified atom stereocenters. The highest BCUT2D eigenvalue weighted by Gasteiger charge is 2.07. The Morgan fingerprint density at radius 2 is 1.90 bits per heavy atom. The largest absolute Gasteiger partial charge is 0.381 e. The summed E-state index contributed by atoms with van der Waals surface area (Å²) in [5, 5.41) is 10.6. The topological polar surface area (TPSA) is 53.6 Å². The highest BCUT2D eigenvalue weighted by molar-refractivity contribution is 5.85. The number of aryl methyl sites for hydroxylation is 1. The summed E-state index contributed by atoms with van der Waals surface area (Å²) in [6.07, 6.45) is 5.45. The second-order valence-corrected chi connectivity index (χ2v) is 4.73. The smallest absolute Gasteiger partial charge is 0.0715 e. The van der Waals surface area contributed by atoms with Gasteiger partial charge in [0.1, 0.15) is 0 Å². The molecule has 0 saturated heterocycles. The van der Waals surface area contributed by atoms with Gasteiger partial charge in [0.2, 0.25) is 0 Å². The fourth-order valence-corrected chi connectivity index (χ4v) is 2.07. The number of hydrogen-bond donors (Lipinski definition) is 2. The lowest BCUT2D eigenvalue weighted by molar-refractivity contribution is 1.09. The molecule has 3 aromatic rings. The summed E-state index contributed by atoms with van der Waals surface area (Å²) in [5.74, 6) is 0. The van der Waals surface area contributed by atoms with E-state index in [1.54, 1.807) is 6.20 Å². The molecule has 0 bridgehead atoms. The minimum Gasteiger partial charge on any atom is -0.381 e. The van der Waals surface area contributed by atoms with Crippen molar-refractivity contribution in [2.45, 2.75) is 13.5 Å². The Labute approximate surface area is 130 Å². The minimum atomic E-state index is 0. The summed E-state index contributed by atoms with van der Waals surface area (Å²) in [6.45, 7) is 2.81. The van der Waals surface area contributed by atoms with Gasteiger partial charge in [-0.3, -0.25) is 10.1 Å². The zero-order valence-electron chi connectivity index (χ0n) is 11.7. The zero-order chi connectivity index (χ0) is 13.8. The van der Waals surface area contributed by atoms with Gasteiger partial charge in [-0.1, -0.05) is 17.7 Å². The standard InChI is InChI=1S/C16H16N4.ClH/c1-12-4-6-15(7-5-12)18-10-14-11-19-20-16(14)13-3-2-8-17-9-13;/h2-9,11,18H,10H2,1H3,(H,19,20);1H. The maximum atomic E-state index is 4.14. The van der Waals surface area contributed by atoms with Crippen molar-refractivity contribution >= 4 is 18.1 Å². The number of nitrogens with zero attached hydrogens (tertiary/aromatic N) is 2. The molecule has 0 aliphatic heterocycles. The second-order valence-electron chi connectivity index (χ2n) is 4.73. The molecule has 4 nitrogen and oxygen atoms in total. The molecule has 2 aromatic heterocycles. The van der Waals surface area contributed by atoms with E-state index < -0.39 is 0 Å². The van der Waals surface area contributed by atoms with Gasteiger partial charge in [-0.25, -0.2) is 0 Å². The number of anilines is 1. The molecule has 0 atom stereocenters.